The molecule has 0 bridgehead atoms. The van der Waals surface area contributed by atoms with Crippen molar-refractivity contribution in [2.75, 3.05) is 19.6 Å². The maximum Gasteiger partial charge on any atom is 0.287 e. The molecule has 7 nitrogen and oxygen atoms in total. The molecular weight excluding hydrogens is 388 g/mol. The zero-order chi connectivity index (χ0) is 20.1. The van der Waals surface area contributed by atoms with E-state index in [4.69, 9.17) is 8.83 Å². The highest BCUT2D eigenvalue weighted by Gasteiger charge is 2.25. The molecule has 3 aromatic rings. The molecular formula is C21H26N4O3S. The van der Waals surface area contributed by atoms with Gasteiger partial charge in [0.1, 0.15) is 11.5 Å². The summed E-state index contributed by atoms with van der Waals surface area (Å²) in [6.07, 6.45) is 8.98. The van der Waals surface area contributed by atoms with Gasteiger partial charge in [0.05, 0.1) is 18.1 Å². The Morgan fingerprint density at radius 3 is 2.86 bits per heavy atom. The van der Waals surface area contributed by atoms with E-state index in [1.165, 1.54) is 19.3 Å². The lowest BCUT2D eigenvalue weighted by molar-refractivity contribution is 0.0886. The molecule has 4 heterocycles. The van der Waals surface area contributed by atoms with Crippen molar-refractivity contribution < 1.29 is 13.6 Å². The summed E-state index contributed by atoms with van der Waals surface area (Å²) < 4.78 is 13.3. The van der Waals surface area contributed by atoms with Crippen LogP contribution in [0.15, 0.2) is 56.9 Å². The van der Waals surface area contributed by atoms with Gasteiger partial charge in [-0.1, -0.05) is 18.2 Å². The number of thioether (sulfide) groups is 1. The van der Waals surface area contributed by atoms with Crippen molar-refractivity contribution in [1.29, 1.82) is 0 Å². The largest absolute Gasteiger partial charge is 0.468 e. The third kappa shape index (κ3) is 4.94. The number of likely N-dealkylation sites (tertiary alicyclic amines) is 1. The summed E-state index contributed by atoms with van der Waals surface area (Å²) in [6, 6.07) is 7.49. The van der Waals surface area contributed by atoms with Crippen LogP contribution in [0.5, 0.6) is 0 Å². The number of nitrogens with zero attached hydrogens (tertiary/aromatic N) is 3. The number of imidazole rings is 1. The maximum absolute atomic E-state index is 12.6. The van der Waals surface area contributed by atoms with Gasteiger partial charge in [-0.25, -0.2) is 4.98 Å². The highest BCUT2D eigenvalue weighted by Crippen LogP contribution is 2.25. The Morgan fingerprint density at radius 2 is 2.14 bits per heavy atom. The van der Waals surface area contributed by atoms with E-state index in [9.17, 15) is 4.79 Å². The van der Waals surface area contributed by atoms with Crippen molar-refractivity contribution in [1.82, 2.24) is 19.8 Å². The molecule has 4 rings (SSSR count). The minimum Gasteiger partial charge on any atom is -0.468 e. The second-order valence-electron chi connectivity index (χ2n) is 7.21. The lowest BCUT2D eigenvalue weighted by atomic mass is 10.1. The van der Waals surface area contributed by atoms with Crippen molar-refractivity contribution >= 4 is 17.7 Å². The number of hydrogen-bond donors (Lipinski definition) is 1. The Labute approximate surface area is 174 Å². The van der Waals surface area contributed by atoms with E-state index in [0.717, 1.165) is 29.8 Å². The van der Waals surface area contributed by atoms with E-state index >= 15 is 0 Å². The average Bonchev–Trinajstić information content (AvgIpc) is 3.50. The Bertz CT molecular complexity index is 912. The predicted molar refractivity (Wildman–Crippen MR) is 111 cm³/mol. The van der Waals surface area contributed by atoms with Crippen LogP contribution in [0.4, 0.5) is 0 Å². The molecule has 1 aliphatic rings. The molecule has 0 spiro atoms. The fraction of sp³-hybridized carbons (Fsp3) is 0.429. The van der Waals surface area contributed by atoms with Crippen LogP contribution < -0.4 is 5.32 Å². The summed E-state index contributed by atoms with van der Waals surface area (Å²) in [4.78, 5) is 19.3. The number of piperidine rings is 1. The molecule has 0 saturated carbocycles. The number of nitrogens with one attached hydrogen (secondary N) is 1. The first-order valence-electron chi connectivity index (χ1n) is 9.95. The van der Waals surface area contributed by atoms with E-state index in [-0.39, 0.29) is 11.9 Å². The van der Waals surface area contributed by atoms with Crippen molar-refractivity contribution in [2.24, 2.45) is 7.05 Å². The first kappa shape index (κ1) is 19.8. The van der Waals surface area contributed by atoms with Crippen LogP contribution in [-0.2, 0) is 12.8 Å². The summed E-state index contributed by atoms with van der Waals surface area (Å²) in [5.41, 5.74) is 0. The van der Waals surface area contributed by atoms with E-state index in [2.05, 4.69) is 15.2 Å². The highest BCUT2D eigenvalue weighted by atomic mass is 32.2. The van der Waals surface area contributed by atoms with Gasteiger partial charge in [-0.2, -0.15) is 0 Å². The monoisotopic (exact) mass is 414 g/mol. The molecule has 0 aliphatic carbocycles. The Morgan fingerprint density at radius 1 is 1.28 bits per heavy atom. The first-order chi connectivity index (χ1) is 14.2. The molecule has 8 heteroatoms. The summed E-state index contributed by atoms with van der Waals surface area (Å²) in [7, 11) is 1.95. The predicted octanol–water partition coefficient (Wildman–Crippen LogP) is 3.86. The molecule has 0 aromatic carbocycles. The highest BCUT2D eigenvalue weighted by molar-refractivity contribution is 7.98. The Kier molecular flexibility index (Phi) is 6.41. The molecule has 1 atom stereocenters. The minimum absolute atomic E-state index is 0.0441. The van der Waals surface area contributed by atoms with E-state index in [1.807, 2.05) is 36.0 Å². The van der Waals surface area contributed by atoms with Crippen LogP contribution in [-0.4, -0.2) is 40.0 Å². The first-order valence-corrected chi connectivity index (χ1v) is 10.9. The molecule has 1 unspecified atom stereocenters. The van der Waals surface area contributed by atoms with Gasteiger partial charge in [0.25, 0.3) is 5.91 Å². The van der Waals surface area contributed by atoms with Crippen LogP contribution >= 0.6 is 11.8 Å². The molecule has 0 radical (unpaired) electrons. The van der Waals surface area contributed by atoms with Gasteiger partial charge in [0.2, 0.25) is 0 Å². The van der Waals surface area contributed by atoms with Gasteiger partial charge in [-0.3, -0.25) is 9.69 Å². The van der Waals surface area contributed by atoms with Crippen LogP contribution in [0.2, 0.25) is 0 Å². The lowest BCUT2D eigenvalue weighted by Gasteiger charge is -2.33. The zero-order valence-corrected chi connectivity index (χ0v) is 17.4. The van der Waals surface area contributed by atoms with E-state index < -0.39 is 0 Å². The standard InChI is InChI=1S/C21H26N4O3S/c1-24-12-9-22-21(24)29-15-16-7-8-19(28-16)20(26)23-14-17(18-6-5-13-27-18)25-10-3-2-4-11-25/h5-9,12-13,17H,2-4,10-11,14-15H2,1H3,(H,23,26). The average molecular weight is 415 g/mol. The number of carbonyl (C=O) groups is 1. The molecule has 1 aliphatic heterocycles. The summed E-state index contributed by atoms with van der Waals surface area (Å²) in [5, 5.41) is 3.93. The van der Waals surface area contributed by atoms with E-state index in [1.54, 1.807) is 30.3 Å². The molecule has 3 aromatic heterocycles. The zero-order valence-electron chi connectivity index (χ0n) is 16.5. The van der Waals surface area contributed by atoms with Crippen LogP contribution in [0.3, 0.4) is 0 Å². The molecule has 1 amide bonds. The van der Waals surface area contributed by atoms with Gasteiger partial charge in [0, 0.05) is 26.0 Å². The summed E-state index contributed by atoms with van der Waals surface area (Å²) >= 11 is 1.57. The Hall–Kier alpha value is -2.45. The van der Waals surface area contributed by atoms with Crippen molar-refractivity contribution in [2.45, 2.75) is 36.2 Å². The molecule has 1 saturated heterocycles. The molecule has 29 heavy (non-hydrogen) atoms. The van der Waals surface area contributed by atoms with Crippen LogP contribution in [0, 0.1) is 0 Å². The van der Waals surface area contributed by atoms with Crippen LogP contribution in [0.25, 0.3) is 0 Å². The minimum atomic E-state index is -0.202. The van der Waals surface area contributed by atoms with Crippen molar-refractivity contribution in [3.63, 3.8) is 0 Å². The quantitative estimate of drug-likeness (QED) is 0.564. The number of amides is 1. The number of aromatic nitrogens is 2. The van der Waals surface area contributed by atoms with E-state index in [0.29, 0.717) is 18.1 Å². The fourth-order valence-electron chi connectivity index (χ4n) is 3.60. The number of rotatable bonds is 8. The van der Waals surface area contributed by atoms with Crippen molar-refractivity contribution in [3.05, 3.63) is 60.2 Å². The molecule has 1 fully saturated rings. The summed E-state index contributed by atoms with van der Waals surface area (Å²) in [6.45, 7) is 2.54. The second kappa shape index (κ2) is 9.37. The maximum atomic E-state index is 12.6. The molecule has 154 valence electrons. The van der Waals surface area contributed by atoms with Crippen LogP contribution in [0.1, 0.15) is 47.4 Å². The van der Waals surface area contributed by atoms with Gasteiger partial charge >= 0.3 is 0 Å². The van der Waals surface area contributed by atoms with Gasteiger partial charge in [-0.15, -0.1) is 0 Å². The lowest BCUT2D eigenvalue weighted by Crippen LogP contribution is -2.40. The topological polar surface area (TPSA) is 76.4 Å². The van der Waals surface area contributed by atoms with Crippen molar-refractivity contribution in [3.8, 4) is 0 Å². The number of carbonyl (C=O) groups excluding carboxylic acids is 1. The molecule has 1 N–H and O–H groups in total. The van der Waals surface area contributed by atoms with Gasteiger partial charge < -0.3 is 18.7 Å². The normalized spacial score (nSPS) is 16.0. The third-order valence-electron chi connectivity index (χ3n) is 5.16. The van der Waals surface area contributed by atoms with Gasteiger partial charge in [-0.05, 0) is 50.2 Å². The summed E-state index contributed by atoms with van der Waals surface area (Å²) in [5.74, 6) is 2.39. The third-order valence-corrected chi connectivity index (χ3v) is 6.25. The number of furan rings is 2. The number of hydrogen-bond acceptors (Lipinski definition) is 6. The fourth-order valence-corrected chi connectivity index (χ4v) is 4.43. The smallest absolute Gasteiger partial charge is 0.287 e. The number of aryl methyl sites for hydroxylation is 1. The SMILES string of the molecule is Cn1ccnc1SCc1ccc(C(=O)NCC(c2ccco2)N2CCCCC2)o1. The Balaban J connectivity index is 1.34. The second-order valence-corrected chi connectivity index (χ2v) is 8.16. The van der Waals surface area contributed by atoms with Gasteiger partial charge in [0.15, 0.2) is 10.9 Å².